The maximum absolute atomic E-state index is 12.4. The number of rotatable bonds is 3. The highest BCUT2D eigenvalue weighted by Gasteiger charge is 2.39. The van der Waals surface area contributed by atoms with Crippen LogP contribution in [0.2, 0.25) is 5.02 Å². The molecule has 0 atom stereocenters. The summed E-state index contributed by atoms with van der Waals surface area (Å²) in [6.07, 6.45) is -4.11. The third kappa shape index (κ3) is 4.31. The molecule has 1 saturated heterocycles. The van der Waals surface area contributed by atoms with Gasteiger partial charge >= 0.3 is 18.3 Å². The fourth-order valence-corrected chi connectivity index (χ4v) is 1.98. The van der Waals surface area contributed by atoms with Crippen molar-refractivity contribution in [1.29, 1.82) is 0 Å². The zero-order chi connectivity index (χ0) is 18.1. The van der Waals surface area contributed by atoms with E-state index in [0.717, 1.165) is 6.20 Å². The number of carbonyl (C=O) groups is 2. The number of hydrogen-bond acceptors (Lipinski definition) is 6. The van der Waals surface area contributed by atoms with Crippen molar-refractivity contribution in [2.24, 2.45) is 0 Å². The molecule has 1 aliphatic heterocycles. The average molecular weight is 366 g/mol. The Hall–Kier alpha value is -2.42. The third-order valence-electron chi connectivity index (χ3n) is 2.67. The lowest BCUT2D eigenvalue weighted by Crippen LogP contribution is -2.42. The minimum atomic E-state index is -4.97. The summed E-state index contributed by atoms with van der Waals surface area (Å²) in [5, 5.41) is 2.05. The zero-order valence-electron chi connectivity index (χ0n) is 12.4. The van der Waals surface area contributed by atoms with E-state index in [9.17, 15) is 22.8 Å². The second-order valence-corrected chi connectivity index (χ2v) is 5.45. The molecule has 1 fully saturated rings. The number of ether oxygens (including phenoxy) is 3. The largest absolute Gasteiger partial charge is 0.573 e. The molecule has 1 aromatic rings. The van der Waals surface area contributed by atoms with Gasteiger partial charge in [-0.25, -0.2) is 9.59 Å². The van der Waals surface area contributed by atoms with Gasteiger partial charge in [0, 0.05) is 20.0 Å². The predicted octanol–water partition coefficient (Wildman–Crippen LogP) is 3.37. The van der Waals surface area contributed by atoms with Gasteiger partial charge in [0.2, 0.25) is 0 Å². The van der Waals surface area contributed by atoms with Gasteiger partial charge in [-0.15, -0.1) is 13.2 Å². The van der Waals surface area contributed by atoms with Gasteiger partial charge in [0.15, 0.2) is 11.3 Å². The van der Waals surface area contributed by atoms with Gasteiger partial charge in [-0.1, -0.05) is 17.7 Å². The molecule has 1 aliphatic rings. The van der Waals surface area contributed by atoms with Crippen LogP contribution in [0.15, 0.2) is 30.0 Å². The fourth-order valence-electron chi connectivity index (χ4n) is 1.77. The minimum absolute atomic E-state index is 0.210. The Bertz CT molecular complexity index is 693. The van der Waals surface area contributed by atoms with E-state index in [2.05, 4.69) is 10.1 Å². The Morgan fingerprint density at radius 1 is 1.21 bits per heavy atom. The van der Waals surface area contributed by atoms with Crippen LogP contribution >= 0.6 is 11.6 Å². The molecule has 2 rings (SSSR count). The molecule has 10 heteroatoms. The Balaban J connectivity index is 2.28. The number of nitrogens with one attached hydrogen (secondary N) is 1. The smallest absolute Gasteiger partial charge is 0.419 e. The molecular weight excluding hydrogens is 355 g/mol. The quantitative estimate of drug-likeness (QED) is 0.503. The van der Waals surface area contributed by atoms with Gasteiger partial charge in [-0.2, -0.15) is 0 Å². The average Bonchev–Trinajstić information content (AvgIpc) is 2.38. The molecule has 1 aromatic carbocycles. The normalized spacial score (nSPS) is 17.0. The fraction of sp³-hybridized carbons (Fsp3) is 0.286. The van der Waals surface area contributed by atoms with Crippen LogP contribution in [0.5, 0.6) is 5.75 Å². The molecule has 1 heterocycles. The van der Waals surface area contributed by atoms with E-state index in [1.54, 1.807) is 0 Å². The number of esters is 2. The molecule has 0 unspecified atom stereocenters. The van der Waals surface area contributed by atoms with Crippen LogP contribution in [-0.2, 0) is 19.1 Å². The molecule has 0 radical (unpaired) electrons. The molecule has 0 aromatic heterocycles. The van der Waals surface area contributed by atoms with E-state index < -0.39 is 35.4 Å². The monoisotopic (exact) mass is 365 g/mol. The van der Waals surface area contributed by atoms with E-state index in [1.165, 1.54) is 32.0 Å². The first-order chi connectivity index (χ1) is 11.0. The van der Waals surface area contributed by atoms with Crippen molar-refractivity contribution in [3.8, 4) is 5.75 Å². The van der Waals surface area contributed by atoms with Gasteiger partial charge in [0.25, 0.3) is 5.79 Å². The number of carbonyl (C=O) groups excluding carboxylic acids is 2. The molecule has 24 heavy (non-hydrogen) atoms. The molecule has 6 nitrogen and oxygen atoms in total. The molecule has 0 saturated carbocycles. The number of para-hydroxylation sites is 1. The SMILES string of the molecule is CC1(C)OC(=O)C(=CNc2cccc(Cl)c2OC(F)(F)F)C(=O)O1. The van der Waals surface area contributed by atoms with Gasteiger partial charge in [0.05, 0.1) is 10.7 Å². The highest BCUT2D eigenvalue weighted by Crippen LogP contribution is 2.37. The summed E-state index contributed by atoms with van der Waals surface area (Å²) in [7, 11) is 0. The molecule has 0 amide bonds. The van der Waals surface area contributed by atoms with Crippen LogP contribution in [0.25, 0.3) is 0 Å². The number of alkyl halides is 3. The van der Waals surface area contributed by atoms with E-state index in [-0.39, 0.29) is 10.7 Å². The minimum Gasteiger partial charge on any atom is -0.419 e. The molecule has 0 aliphatic carbocycles. The summed E-state index contributed by atoms with van der Waals surface area (Å²) >= 11 is 5.68. The number of anilines is 1. The molecule has 1 N–H and O–H groups in total. The Morgan fingerprint density at radius 3 is 2.33 bits per heavy atom. The van der Waals surface area contributed by atoms with Crippen molar-refractivity contribution in [1.82, 2.24) is 0 Å². The highest BCUT2D eigenvalue weighted by atomic mass is 35.5. The van der Waals surface area contributed by atoms with E-state index in [1.807, 2.05) is 0 Å². The van der Waals surface area contributed by atoms with Crippen LogP contribution < -0.4 is 10.1 Å². The van der Waals surface area contributed by atoms with Gasteiger partial charge in [0.1, 0.15) is 0 Å². The molecule has 0 spiro atoms. The first kappa shape index (κ1) is 17.9. The van der Waals surface area contributed by atoms with Crippen LogP contribution in [0.1, 0.15) is 13.8 Å². The van der Waals surface area contributed by atoms with Crippen LogP contribution in [0, 0.1) is 0 Å². The van der Waals surface area contributed by atoms with Crippen molar-refractivity contribution in [3.05, 3.63) is 35.0 Å². The predicted molar refractivity (Wildman–Crippen MR) is 76.1 cm³/mol. The van der Waals surface area contributed by atoms with Crippen LogP contribution in [0.3, 0.4) is 0 Å². The van der Waals surface area contributed by atoms with Crippen LogP contribution in [-0.4, -0.2) is 24.1 Å². The first-order valence-corrected chi connectivity index (χ1v) is 6.84. The second-order valence-electron chi connectivity index (χ2n) is 5.05. The van der Waals surface area contributed by atoms with Gasteiger partial charge < -0.3 is 19.5 Å². The number of halogens is 4. The highest BCUT2D eigenvalue weighted by molar-refractivity contribution is 6.32. The maximum Gasteiger partial charge on any atom is 0.573 e. The second kappa shape index (κ2) is 6.23. The third-order valence-corrected chi connectivity index (χ3v) is 2.97. The van der Waals surface area contributed by atoms with E-state index in [0.29, 0.717) is 0 Å². The summed E-state index contributed by atoms with van der Waals surface area (Å²) in [6.45, 7) is 2.72. The molecule has 130 valence electrons. The molecule has 0 bridgehead atoms. The Kier molecular flexibility index (Phi) is 4.66. The van der Waals surface area contributed by atoms with E-state index >= 15 is 0 Å². The van der Waals surface area contributed by atoms with Crippen molar-refractivity contribution >= 4 is 29.2 Å². The lowest BCUT2D eigenvalue weighted by atomic mass is 10.2. The number of hydrogen-bond donors (Lipinski definition) is 1. The van der Waals surface area contributed by atoms with Crippen molar-refractivity contribution in [3.63, 3.8) is 0 Å². The number of cyclic esters (lactones) is 2. The van der Waals surface area contributed by atoms with Crippen molar-refractivity contribution in [2.75, 3.05) is 5.32 Å². The van der Waals surface area contributed by atoms with E-state index in [4.69, 9.17) is 21.1 Å². The van der Waals surface area contributed by atoms with Gasteiger partial charge in [-0.3, -0.25) is 0 Å². The summed E-state index contributed by atoms with van der Waals surface area (Å²) in [5.74, 6) is -4.10. The maximum atomic E-state index is 12.4. The lowest BCUT2D eigenvalue weighted by Gasteiger charge is -2.29. The molecular formula is C14H11ClF3NO5. The Morgan fingerprint density at radius 2 is 1.79 bits per heavy atom. The Labute approximate surface area is 139 Å². The van der Waals surface area contributed by atoms with Crippen molar-refractivity contribution in [2.45, 2.75) is 26.0 Å². The summed E-state index contributed by atoms with van der Waals surface area (Å²) in [6, 6.07) is 3.76. The standard InChI is InChI=1S/C14H11ClF3NO5/c1-13(2)23-11(20)7(12(21)24-13)6-19-9-5-3-4-8(15)10(9)22-14(16,17)18/h3-6,19H,1-2H3. The van der Waals surface area contributed by atoms with Gasteiger partial charge in [-0.05, 0) is 12.1 Å². The topological polar surface area (TPSA) is 73.9 Å². The zero-order valence-corrected chi connectivity index (χ0v) is 13.1. The summed E-state index contributed by atoms with van der Waals surface area (Å²) in [5.41, 5.74) is -0.731. The van der Waals surface area contributed by atoms with Crippen LogP contribution in [0.4, 0.5) is 18.9 Å². The summed E-state index contributed by atoms with van der Waals surface area (Å²) in [4.78, 5) is 23.5. The number of benzene rings is 1. The van der Waals surface area contributed by atoms with Crippen molar-refractivity contribution < 1.29 is 37.0 Å². The summed E-state index contributed by atoms with van der Waals surface area (Å²) < 4.78 is 50.8. The first-order valence-electron chi connectivity index (χ1n) is 6.46. The lowest BCUT2D eigenvalue weighted by molar-refractivity contribution is -0.274.